The zero-order valence-corrected chi connectivity index (χ0v) is 7.10. The van der Waals surface area contributed by atoms with Gasteiger partial charge in [-0.1, -0.05) is 19.8 Å². The molecule has 0 saturated heterocycles. The molecule has 0 aromatic carbocycles. The fourth-order valence-electron chi connectivity index (χ4n) is 1.77. The first-order chi connectivity index (χ1) is 4.83. The first kappa shape index (κ1) is 8.06. The zero-order valence-electron chi connectivity index (χ0n) is 7.10. The third kappa shape index (κ3) is 2.30. The Kier molecular flexibility index (Phi) is 3.20. The molecule has 0 N–H and O–H groups in total. The molecular weight excluding hydrogens is 124 g/mol. The number of rotatable bonds is 2. The quantitative estimate of drug-likeness (QED) is 0.576. The van der Waals surface area contributed by atoms with Crippen molar-refractivity contribution in [3.63, 3.8) is 0 Å². The van der Waals surface area contributed by atoms with Crippen molar-refractivity contribution in [1.29, 1.82) is 0 Å². The molecule has 0 aliphatic heterocycles. The molecule has 1 nitrogen and oxygen atoms in total. The molecule has 1 aliphatic rings. The molecule has 0 aromatic rings. The van der Waals surface area contributed by atoms with Gasteiger partial charge in [-0.3, -0.25) is 0 Å². The molecule has 60 valence electrons. The lowest BCUT2D eigenvalue weighted by Gasteiger charge is -2.26. The van der Waals surface area contributed by atoms with E-state index in [0.717, 1.165) is 12.5 Å². The first-order valence-corrected chi connectivity index (χ1v) is 4.44. The summed E-state index contributed by atoms with van der Waals surface area (Å²) in [5.74, 6) is 0.894. The molecule has 1 rings (SSSR count). The van der Waals surface area contributed by atoms with Gasteiger partial charge < -0.3 is 4.74 Å². The summed E-state index contributed by atoms with van der Waals surface area (Å²) < 4.78 is 5.55. The molecule has 1 unspecified atom stereocenters. The topological polar surface area (TPSA) is 9.23 Å². The summed E-state index contributed by atoms with van der Waals surface area (Å²) in [5.41, 5.74) is 0. The fraction of sp³-hybridized carbons (Fsp3) is 1.00. The van der Waals surface area contributed by atoms with E-state index in [-0.39, 0.29) is 0 Å². The van der Waals surface area contributed by atoms with Crippen LogP contribution in [0.3, 0.4) is 0 Å². The smallest absolute Gasteiger partial charge is 0.0577 e. The zero-order chi connectivity index (χ0) is 7.40. The van der Waals surface area contributed by atoms with Crippen molar-refractivity contribution < 1.29 is 4.74 Å². The molecule has 0 radical (unpaired) electrons. The van der Waals surface area contributed by atoms with Crippen molar-refractivity contribution in [2.45, 2.75) is 45.6 Å². The van der Waals surface area contributed by atoms with E-state index in [9.17, 15) is 0 Å². The van der Waals surface area contributed by atoms with Crippen LogP contribution in [0.5, 0.6) is 0 Å². The van der Waals surface area contributed by atoms with E-state index in [2.05, 4.69) is 13.8 Å². The number of ether oxygens (including phenoxy) is 1. The van der Waals surface area contributed by atoms with Crippen LogP contribution in [-0.4, -0.2) is 12.7 Å². The lowest BCUT2D eigenvalue weighted by molar-refractivity contribution is 0.0232. The Balaban J connectivity index is 2.18. The predicted octanol–water partition coefficient (Wildman–Crippen LogP) is 2.60. The van der Waals surface area contributed by atoms with Crippen molar-refractivity contribution in [3.05, 3.63) is 0 Å². The van der Waals surface area contributed by atoms with Gasteiger partial charge >= 0.3 is 0 Å². The Morgan fingerprint density at radius 1 is 1.40 bits per heavy atom. The van der Waals surface area contributed by atoms with Gasteiger partial charge in [0.05, 0.1) is 6.10 Å². The van der Waals surface area contributed by atoms with E-state index in [1.54, 1.807) is 0 Å². The average Bonchev–Trinajstić information content (AvgIpc) is 1.88. The van der Waals surface area contributed by atoms with Crippen LogP contribution in [0.2, 0.25) is 0 Å². The van der Waals surface area contributed by atoms with Crippen molar-refractivity contribution >= 4 is 0 Å². The Bertz CT molecular complexity index is 88.7. The van der Waals surface area contributed by atoms with E-state index in [1.807, 2.05) is 0 Å². The summed E-state index contributed by atoms with van der Waals surface area (Å²) in [5, 5.41) is 0. The Morgan fingerprint density at radius 3 is 2.80 bits per heavy atom. The molecule has 1 saturated carbocycles. The monoisotopic (exact) mass is 142 g/mol. The van der Waals surface area contributed by atoms with E-state index in [4.69, 9.17) is 4.74 Å². The highest BCUT2D eigenvalue weighted by molar-refractivity contribution is 4.69. The maximum absolute atomic E-state index is 5.55. The molecule has 1 heteroatoms. The molecule has 0 spiro atoms. The third-order valence-corrected chi connectivity index (χ3v) is 2.29. The molecule has 0 bridgehead atoms. The normalized spacial score (nSPS) is 34.2. The first-order valence-electron chi connectivity index (χ1n) is 4.44. The van der Waals surface area contributed by atoms with Crippen LogP contribution in [0.15, 0.2) is 0 Å². The van der Waals surface area contributed by atoms with E-state index in [0.29, 0.717) is 6.10 Å². The fourth-order valence-corrected chi connectivity index (χ4v) is 1.77. The van der Waals surface area contributed by atoms with Crippen LogP contribution in [0.25, 0.3) is 0 Å². The average molecular weight is 142 g/mol. The second-order valence-electron chi connectivity index (χ2n) is 3.35. The van der Waals surface area contributed by atoms with Gasteiger partial charge in [0, 0.05) is 6.61 Å². The van der Waals surface area contributed by atoms with Crippen LogP contribution in [0, 0.1) is 5.92 Å². The van der Waals surface area contributed by atoms with Crippen LogP contribution in [0.1, 0.15) is 39.5 Å². The molecule has 1 aliphatic carbocycles. The van der Waals surface area contributed by atoms with E-state index in [1.165, 1.54) is 25.7 Å². The van der Waals surface area contributed by atoms with Crippen LogP contribution >= 0.6 is 0 Å². The van der Waals surface area contributed by atoms with Gasteiger partial charge in [-0.25, -0.2) is 0 Å². The summed E-state index contributed by atoms with van der Waals surface area (Å²) in [6.45, 7) is 5.29. The van der Waals surface area contributed by atoms with Gasteiger partial charge in [-0.05, 0) is 25.7 Å². The molecule has 0 amide bonds. The molecule has 1 fully saturated rings. The number of hydrogen-bond donors (Lipinski definition) is 0. The van der Waals surface area contributed by atoms with Crippen molar-refractivity contribution in [2.24, 2.45) is 5.92 Å². The minimum Gasteiger partial charge on any atom is -0.378 e. The largest absolute Gasteiger partial charge is 0.378 e. The highest BCUT2D eigenvalue weighted by atomic mass is 16.5. The SMILES string of the molecule is CCOC1CCC[C@@H](C)C1. The summed E-state index contributed by atoms with van der Waals surface area (Å²) in [6, 6.07) is 0. The molecule has 2 atom stereocenters. The summed E-state index contributed by atoms with van der Waals surface area (Å²) >= 11 is 0. The van der Waals surface area contributed by atoms with Crippen LogP contribution in [0.4, 0.5) is 0 Å². The standard InChI is InChI=1S/C9H18O/c1-3-10-9-6-4-5-8(2)7-9/h8-9H,3-7H2,1-2H3/t8-,9?/m1/s1. The van der Waals surface area contributed by atoms with Gasteiger partial charge in [0.1, 0.15) is 0 Å². The van der Waals surface area contributed by atoms with E-state index < -0.39 is 0 Å². The van der Waals surface area contributed by atoms with Gasteiger partial charge in [-0.2, -0.15) is 0 Å². The summed E-state index contributed by atoms with van der Waals surface area (Å²) in [7, 11) is 0. The van der Waals surface area contributed by atoms with Crippen molar-refractivity contribution in [2.75, 3.05) is 6.61 Å². The summed E-state index contributed by atoms with van der Waals surface area (Å²) in [6.07, 6.45) is 5.93. The summed E-state index contributed by atoms with van der Waals surface area (Å²) in [4.78, 5) is 0. The van der Waals surface area contributed by atoms with Gasteiger partial charge in [0.15, 0.2) is 0 Å². The highest BCUT2D eigenvalue weighted by Crippen LogP contribution is 2.25. The minimum absolute atomic E-state index is 0.578. The van der Waals surface area contributed by atoms with Crippen LogP contribution < -0.4 is 0 Å². The highest BCUT2D eigenvalue weighted by Gasteiger charge is 2.18. The van der Waals surface area contributed by atoms with E-state index >= 15 is 0 Å². The Labute approximate surface area is 63.8 Å². The second-order valence-corrected chi connectivity index (χ2v) is 3.35. The number of hydrogen-bond acceptors (Lipinski definition) is 1. The molecule has 10 heavy (non-hydrogen) atoms. The molecular formula is C9H18O. The van der Waals surface area contributed by atoms with Gasteiger partial charge in [0.25, 0.3) is 0 Å². The lowest BCUT2D eigenvalue weighted by Crippen LogP contribution is -2.21. The maximum atomic E-state index is 5.55. The molecule has 0 heterocycles. The van der Waals surface area contributed by atoms with Crippen molar-refractivity contribution in [1.82, 2.24) is 0 Å². The van der Waals surface area contributed by atoms with Gasteiger partial charge in [0.2, 0.25) is 0 Å². The third-order valence-electron chi connectivity index (χ3n) is 2.29. The predicted molar refractivity (Wildman–Crippen MR) is 43.0 cm³/mol. The minimum atomic E-state index is 0.578. The Hall–Kier alpha value is -0.0400. The lowest BCUT2D eigenvalue weighted by atomic mass is 9.89. The Morgan fingerprint density at radius 2 is 2.20 bits per heavy atom. The van der Waals surface area contributed by atoms with Crippen LogP contribution in [-0.2, 0) is 4.74 Å². The van der Waals surface area contributed by atoms with Crippen molar-refractivity contribution in [3.8, 4) is 0 Å². The maximum Gasteiger partial charge on any atom is 0.0577 e. The second kappa shape index (κ2) is 3.97. The molecule has 0 aromatic heterocycles. The van der Waals surface area contributed by atoms with Gasteiger partial charge in [-0.15, -0.1) is 0 Å².